The lowest BCUT2D eigenvalue weighted by molar-refractivity contribution is 0.589. The molecule has 12 aromatic rings. The summed E-state index contributed by atoms with van der Waals surface area (Å²) in [6.45, 7) is 0. The van der Waals surface area contributed by atoms with E-state index in [9.17, 15) is 5.26 Å². The van der Waals surface area contributed by atoms with E-state index in [4.69, 9.17) is 0 Å². The van der Waals surface area contributed by atoms with Gasteiger partial charge >= 0.3 is 0 Å². The topological polar surface area (TPSA) is 33.6 Å². The van der Waals surface area contributed by atoms with Crippen molar-refractivity contribution < 1.29 is 8.78 Å². The summed E-state index contributed by atoms with van der Waals surface area (Å²) in [7, 11) is 0. The van der Waals surface area contributed by atoms with E-state index in [2.05, 4.69) is 137 Å². The molecule has 0 saturated heterocycles. The van der Waals surface area contributed by atoms with Gasteiger partial charge in [0.15, 0.2) is 0 Å². The van der Waals surface area contributed by atoms with Gasteiger partial charge in [0.25, 0.3) is 0 Å². The SMILES string of the molecule is N#Cc1cc(-n2c3cc(-c4ccccc4)ccc3c3ccc(-c4ccccc4)cc32)c(-c2c(F)cccc2F)cc1-n1c2cc(-c3ccccc3)ccc2c2ccc(-c3ccccc3)cc21. The number of fused-ring (bicyclic) bond motifs is 6. The molecule has 2 heterocycles. The van der Waals surface area contributed by atoms with Crippen molar-refractivity contribution in [1.82, 2.24) is 9.13 Å². The van der Waals surface area contributed by atoms with E-state index in [1.54, 1.807) is 0 Å². The molecule has 5 heteroatoms. The number of benzene rings is 10. The number of nitrogens with zero attached hydrogens (tertiary/aromatic N) is 3. The zero-order valence-corrected chi connectivity index (χ0v) is 35.5. The van der Waals surface area contributed by atoms with E-state index in [1.807, 2.05) is 84.9 Å². The fourth-order valence-corrected chi connectivity index (χ4v) is 9.79. The maximum absolute atomic E-state index is 16.7. The molecule has 0 spiro atoms. The number of hydrogen-bond donors (Lipinski definition) is 0. The predicted octanol–water partition coefficient (Wildman–Crippen LogP) is 16.4. The second-order valence-corrected chi connectivity index (χ2v) is 16.7. The van der Waals surface area contributed by atoms with E-state index in [0.29, 0.717) is 22.5 Å². The summed E-state index contributed by atoms with van der Waals surface area (Å²) in [5.74, 6) is -1.41. The van der Waals surface area contributed by atoms with Crippen molar-refractivity contribution in [2.45, 2.75) is 0 Å². The van der Waals surface area contributed by atoms with Crippen LogP contribution in [0.3, 0.4) is 0 Å². The monoisotopic (exact) mass is 849 g/mol. The molecule has 66 heavy (non-hydrogen) atoms. The molecular weight excluding hydrogens is 813 g/mol. The van der Waals surface area contributed by atoms with E-state index >= 15 is 8.78 Å². The molecule has 0 aliphatic heterocycles. The highest BCUT2D eigenvalue weighted by molar-refractivity contribution is 6.13. The summed E-state index contributed by atoms with van der Waals surface area (Å²) in [5, 5.41) is 15.3. The molecule has 3 nitrogen and oxygen atoms in total. The molecule has 0 aliphatic rings. The third-order valence-electron chi connectivity index (χ3n) is 12.9. The molecule has 0 fully saturated rings. The van der Waals surface area contributed by atoms with Crippen LogP contribution in [-0.2, 0) is 0 Å². The smallest absolute Gasteiger partial charge is 0.134 e. The predicted molar refractivity (Wildman–Crippen MR) is 267 cm³/mol. The van der Waals surface area contributed by atoms with Crippen LogP contribution < -0.4 is 0 Å². The molecule has 0 amide bonds. The van der Waals surface area contributed by atoms with Crippen LogP contribution in [-0.4, -0.2) is 9.13 Å². The highest BCUT2D eigenvalue weighted by Gasteiger charge is 2.25. The van der Waals surface area contributed by atoms with Crippen molar-refractivity contribution in [2.24, 2.45) is 0 Å². The Kier molecular flexibility index (Phi) is 9.25. The highest BCUT2D eigenvalue weighted by Crippen LogP contribution is 2.44. The Balaban J connectivity index is 1.22. The lowest BCUT2D eigenvalue weighted by Gasteiger charge is -2.20. The van der Waals surface area contributed by atoms with Crippen LogP contribution in [0.15, 0.2) is 224 Å². The first-order valence-corrected chi connectivity index (χ1v) is 21.9. The molecule has 0 aliphatic carbocycles. The zero-order valence-electron chi connectivity index (χ0n) is 35.5. The number of rotatable bonds is 7. The summed E-state index contributed by atoms with van der Waals surface area (Å²) < 4.78 is 37.5. The van der Waals surface area contributed by atoms with Crippen LogP contribution in [0.25, 0.3) is 111 Å². The fraction of sp³-hybridized carbons (Fsp3) is 0. The van der Waals surface area contributed by atoms with Gasteiger partial charge in [-0.05, 0) is 93.0 Å². The molecule has 0 saturated carbocycles. The first kappa shape index (κ1) is 38.8. The van der Waals surface area contributed by atoms with Crippen LogP contribution in [0.5, 0.6) is 0 Å². The summed E-state index contributed by atoms with van der Waals surface area (Å²) in [5.41, 5.74) is 13.0. The lowest BCUT2D eigenvalue weighted by atomic mass is 9.97. The van der Waals surface area contributed by atoms with Crippen molar-refractivity contribution in [3.63, 3.8) is 0 Å². The second-order valence-electron chi connectivity index (χ2n) is 16.7. The van der Waals surface area contributed by atoms with Crippen LogP contribution in [0.1, 0.15) is 5.56 Å². The van der Waals surface area contributed by atoms with E-state index in [1.165, 1.54) is 18.2 Å². The van der Waals surface area contributed by atoms with E-state index in [-0.39, 0.29) is 5.56 Å². The maximum atomic E-state index is 16.7. The third-order valence-corrected chi connectivity index (χ3v) is 12.9. The van der Waals surface area contributed by atoms with Gasteiger partial charge in [0.2, 0.25) is 0 Å². The Hall–Kier alpha value is -8.85. The third kappa shape index (κ3) is 6.38. The number of nitriles is 1. The minimum Gasteiger partial charge on any atom is -0.309 e. The van der Waals surface area contributed by atoms with Crippen molar-refractivity contribution in [3.05, 3.63) is 242 Å². The fourth-order valence-electron chi connectivity index (χ4n) is 9.79. The Morgan fingerprint density at radius 1 is 0.318 bits per heavy atom. The van der Waals surface area contributed by atoms with Gasteiger partial charge < -0.3 is 9.13 Å². The molecular formula is C61H37F2N3. The minimum absolute atomic E-state index is 0.178. The Labute approximate surface area is 379 Å². The first-order valence-electron chi connectivity index (χ1n) is 21.9. The highest BCUT2D eigenvalue weighted by atomic mass is 19.1. The lowest BCUT2D eigenvalue weighted by Crippen LogP contribution is -2.05. The van der Waals surface area contributed by atoms with Gasteiger partial charge in [-0.3, -0.25) is 0 Å². The van der Waals surface area contributed by atoms with Crippen LogP contribution >= 0.6 is 0 Å². The summed E-state index contributed by atoms with van der Waals surface area (Å²) in [6.07, 6.45) is 0. The van der Waals surface area contributed by atoms with Crippen LogP contribution in [0.4, 0.5) is 8.78 Å². The number of aromatic nitrogens is 2. The van der Waals surface area contributed by atoms with Crippen LogP contribution in [0, 0.1) is 23.0 Å². The number of hydrogen-bond acceptors (Lipinski definition) is 1. The van der Waals surface area contributed by atoms with Crippen LogP contribution in [0.2, 0.25) is 0 Å². The minimum atomic E-state index is -0.706. The molecule has 0 atom stereocenters. The standard InChI is InChI=1S/C61H37F2N3/c62-53-22-13-23-54(63)61(53)52-37-55(65-56-32-43(39-14-5-1-6-15-39)24-28-48(56)49-29-25-44(33-57(49)65)40-16-7-2-8-17-40)47(38-64)36-60(52)66-58-34-45(41-18-9-3-10-19-41)26-30-50(58)51-31-27-46(35-59(51)66)42-20-11-4-12-21-42/h1-37H. The number of halogens is 2. The van der Waals surface area contributed by atoms with Gasteiger partial charge in [0.05, 0.1) is 44.6 Å². The van der Waals surface area contributed by atoms with Gasteiger partial charge in [-0.15, -0.1) is 0 Å². The molecule has 0 unspecified atom stereocenters. The quantitative estimate of drug-likeness (QED) is 0.157. The molecule has 10 aromatic carbocycles. The largest absolute Gasteiger partial charge is 0.309 e. The molecule has 310 valence electrons. The normalized spacial score (nSPS) is 11.5. The van der Waals surface area contributed by atoms with Gasteiger partial charge in [-0.25, -0.2) is 8.78 Å². The Morgan fingerprint density at radius 3 is 0.985 bits per heavy atom. The molecule has 0 bridgehead atoms. The Bertz CT molecular complexity index is 3670. The van der Waals surface area contributed by atoms with Gasteiger partial charge in [0, 0.05) is 27.1 Å². The average molecular weight is 850 g/mol. The molecule has 0 radical (unpaired) electrons. The first-order chi connectivity index (χ1) is 32.5. The van der Waals surface area contributed by atoms with Gasteiger partial charge in [0.1, 0.15) is 17.7 Å². The van der Waals surface area contributed by atoms with Crippen molar-refractivity contribution in [1.29, 1.82) is 5.26 Å². The summed E-state index contributed by atoms with van der Waals surface area (Å²) in [4.78, 5) is 0. The van der Waals surface area contributed by atoms with Crippen molar-refractivity contribution in [2.75, 3.05) is 0 Å². The molecule has 2 aromatic heterocycles. The Morgan fingerprint density at radius 2 is 0.652 bits per heavy atom. The second kappa shape index (κ2) is 15.7. The molecule has 12 rings (SSSR count). The maximum Gasteiger partial charge on any atom is 0.134 e. The molecule has 0 N–H and O–H groups in total. The summed E-state index contributed by atoms with van der Waals surface area (Å²) in [6, 6.07) is 76.4. The van der Waals surface area contributed by atoms with Crippen molar-refractivity contribution >= 4 is 43.6 Å². The summed E-state index contributed by atoms with van der Waals surface area (Å²) >= 11 is 0. The van der Waals surface area contributed by atoms with Gasteiger partial charge in [-0.2, -0.15) is 5.26 Å². The van der Waals surface area contributed by atoms with Gasteiger partial charge in [-0.1, -0.05) is 176 Å². The average Bonchev–Trinajstić information content (AvgIpc) is 3.88. The van der Waals surface area contributed by atoms with Crippen molar-refractivity contribution in [3.8, 4) is 73.1 Å². The van der Waals surface area contributed by atoms with E-state index < -0.39 is 11.6 Å². The zero-order chi connectivity index (χ0) is 44.3. The van der Waals surface area contributed by atoms with E-state index in [0.717, 1.165) is 88.1 Å².